The number of para-hydroxylation sites is 2. The van der Waals surface area contributed by atoms with Gasteiger partial charge in [-0.2, -0.15) is 22.7 Å². The number of nitrogens with one attached hydrogen (secondary N) is 1. The van der Waals surface area contributed by atoms with E-state index >= 15 is 0 Å². The van der Waals surface area contributed by atoms with Gasteiger partial charge in [-0.25, -0.2) is 13.5 Å². The van der Waals surface area contributed by atoms with Crippen LogP contribution in [-0.2, 0) is 13.2 Å². The Bertz CT molecular complexity index is 1130. The Morgan fingerprint density at radius 3 is 2.45 bits per heavy atom. The molecule has 0 aliphatic rings. The lowest BCUT2D eigenvalue weighted by molar-refractivity contribution is -0.137. The maximum atomic E-state index is 14.1. The summed E-state index contributed by atoms with van der Waals surface area (Å²) in [7, 11) is 1.07. The number of hydrogen-bond donors (Lipinski definition) is 1. The molecule has 1 amide bonds. The number of ether oxygens (including phenoxy) is 1. The second kappa shape index (κ2) is 8.61. The number of aryl methyl sites for hydroxylation is 1. The van der Waals surface area contributed by atoms with Gasteiger partial charge in [-0.05, 0) is 46.3 Å². The van der Waals surface area contributed by atoms with E-state index in [1.807, 2.05) is 0 Å². The third-order valence-corrected chi connectivity index (χ3v) is 4.67. The van der Waals surface area contributed by atoms with Crippen LogP contribution < -0.4 is 10.1 Å². The molecule has 0 aliphatic heterocycles. The van der Waals surface area contributed by atoms with Crippen molar-refractivity contribution >= 4 is 27.5 Å². The van der Waals surface area contributed by atoms with Gasteiger partial charge in [0, 0.05) is 7.05 Å². The number of aromatic nitrogens is 2. The average Bonchev–Trinajstić information content (AvgIpc) is 2.99. The molecule has 0 unspecified atom stereocenters. The van der Waals surface area contributed by atoms with Gasteiger partial charge < -0.3 is 10.1 Å². The quantitative estimate of drug-likeness (QED) is 0.411. The minimum absolute atomic E-state index is 0.00414. The number of rotatable bonds is 5. The summed E-state index contributed by atoms with van der Waals surface area (Å²) in [6.45, 7) is 0. The van der Waals surface area contributed by atoms with E-state index in [0.29, 0.717) is 4.68 Å². The first-order valence-electron chi connectivity index (χ1n) is 8.44. The fourth-order valence-electron chi connectivity index (χ4n) is 2.61. The van der Waals surface area contributed by atoms with Gasteiger partial charge in [0.2, 0.25) is 5.95 Å². The number of carbonyl (C=O) groups excluding carboxylic acids is 1. The first-order valence-corrected chi connectivity index (χ1v) is 9.24. The molecule has 1 N–H and O–H groups in total. The number of carbonyl (C=O) groups is 1. The summed E-state index contributed by atoms with van der Waals surface area (Å²) < 4.78 is 84.9. The molecule has 0 bridgehead atoms. The molecule has 12 heteroatoms. The number of hydrogen-bond acceptors (Lipinski definition) is 3. The van der Waals surface area contributed by atoms with Crippen LogP contribution in [0.25, 0.3) is 0 Å². The zero-order valence-electron chi connectivity index (χ0n) is 15.5. The molecule has 5 nitrogen and oxygen atoms in total. The van der Waals surface area contributed by atoms with Gasteiger partial charge in [0.25, 0.3) is 12.3 Å². The van der Waals surface area contributed by atoms with Crippen LogP contribution in [0.1, 0.15) is 28.0 Å². The molecule has 0 fully saturated rings. The number of nitrogens with zero attached hydrogens (tertiary/aromatic N) is 2. The second-order valence-corrected chi connectivity index (χ2v) is 7.02. The monoisotopic (exact) mass is 507 g/mol. The van der Waals surface area contributed by atoms with Gasteiger partial charge >= 0.3 is 6.18 Å². The largest absolute Gasteiger partial charge is 0.454 e. The van der Waals surface area contributed by atoms with E-state index in [1.165, 1.54) is 24.3 Å². The molecular formula is C19H12BrF6N3O2. The summed E-state index contributed by atoms with van der Waals surface area (Å²) >= 11 is 2.99. The Balaban J connectivity index is 1.90. The van der Waals surface area contributed by atoms with E-state index in [1.54, 1.807) is 0 Å². The highest BCUT2D eigenvalue weighted by Gasteiger charge is 2.31. The molecule has 0 radical (unpaired) electrons. The Kier molecular flexibility index (Phi) is 6.30. The Morgan fingerprint density at radius 1 is 1.16 bits per heavy atom. The molecule has 0 spiro atoms. The number of anilines is 1. The maximum absolute atomic E-state index is 14.1. The maximum Gasteiger partial charge on any atom is 0.416 e. The van der Waals surface area contributed by atoms with Crippen molar-refractivity contribution in [1.29, 1.82) is 0 Å². The summed E-state index contributed by atoms with van der Waals surface area (Å²) in [5, 5.41) is 5.57. The van der Waals surface area contributed by atoms with E-state index in [9.17, 15) is 31.1 Å². The first kappa shape index (κ1) is 22.7. The molecule has 0 atom stereocenters. The van der Waals surface area contributed by atoms with Crippen molar-refractivity contribution in [3.8, 4) is 11.5 Å². The van der Waals surface area contributed by atoms with Crippen LogP contribution in [-0.4, -0.2) is 15.7 Å². The van der Waals surface area contributed by atoms with Crippen LogP contribution in [0.4, 0.5) is 32.0 Å². The SMILES string of the molecule is Cn1nc(C(F)F)c(C(=O)Nc2ccccc2Oc2ccc(C(F)(F)F)cc2Br)c1F. The van der Waals surface area contributed by atoms with Crippen LogP contribution in [0.5, 0.6) is 11.5 Å². The Morgan fingerprint density at radius 2 is 1.84 bits per heavy atom. The molecule has 0 aliphatic carbocycles. The van der Waals surface area contributed by atoms with E-state index in [2.05, 4.69) is 26.3 Å². The van der Waals surface area contributed by atoms with Crippen molar-refractivity contribution in [3.05, 3.63) is 69.7 Å². The molecular weight excluding hydrogens is 496 g/mol. The van der Waals surface area contributed by atoms with Crippen LogP contribution in [0.2, 0.25) is 0 Å². The van der Waals surface area contributed by atoms with Crippen molar-refractivity contribution < 1.29 is 35.9 Å². The lowest BCUT2D eigenvalue weighted by Crippen LogP contribution is -2.16. The number of halogens is 7. The van der Waals surface area contributed by atoms with Crippen molar-refractivity contribution in [1.82, 2.24) is 9.78 Å². The summed E-state index contributed by atoms with van der Waals surface area (Å²) in [6.07, 6.45) is -7.74. The lowest BCUT2D eigenvalue weighted by atomic mass is 10.2. The van der Waals surface area contributed by atoms with Crippen molar-refractivity contribution in [3.63, 3.8) is 0 Å². The van der Waals surface area contributed by atoms with Gasteiger partial charge in [0.15, 0.2) is 5.75 Å². The average molecular weight is 508 g/mol. The highest BCUT2D eigenvalue weighted by Crippen LogP contribution is 2.38. The number of benzene rings is 2. The van der Waals surface area contributed by atoms with E-state index < -0.39 is 41.3 Å². The molecule has 0 saturated carbocycles. The van der Waals surface area contributed by atoms with Gasteiger partial charge in [-0.3, -0.25) is 4.79 Å². The predicted octanol–water partition coefficient (Wildman–Crippen LogP) is 6.32. The third kappa shape index (κ3) is 4.84. The van der Waals surface area contributed by atoms with Crippen molar-refractivity contribution in [2.24, 2.45) is 7.05 Å². The molecule has 31 heavy (non-hydrogen) atoms. The zero-order chi connectivity index (χ0) is 22.9. The minimum Gasteiger partial charge on any atom is -0.454 e. The molecule has 2 aromatic carbocycles. The standard InChI is InChI=1S/C19H12BrF6N3O2/c1-29-17(23)14(15(28-29)16(21)22)18(30)27-11-4-2-3-5-13(11)31-12-7-6-9(8-10(12)20)19(24,25)26/h2-8,16H,1H3,(H,27,30). The van der Waals surface area contributed by atoms with Crippen LogP contribution >= 0.6 is 15.9 Å². The molecule has 3 aromatic rings. The summed E-state index contributed by atoms with van der Waals surface area (Å²) in [6, 6.07) is 8.42. The Labute approximate surface area is 179 Å². The van der Waals surface area contributed by atoms with Crippen molar-refractivity contribution in [2.75, 3.05) is 5.32 Å². The van der Waals surface area contributed by atoms with E-state index in [0.717, 1.165) is 25.2 Å². The second-order valence-electron chi connectivity index (χ2n) is 6.17. The highest BCUT2D eigenvalue weighted by molar-refractivity contribution is 9.10. The summed E-state index contributed by atoms with van der Waals surface area (Å²) in [5.41, 5.74) is -2.88. The summed E-state index contributed by atoms with van der Waals surface area (Å²) in [4.78, 5) is 12.5. The molecule has 3 rings (SSSR count). The molecule has 0 saturated heterocycles. The number of amides is 1. The summed E-state index contributed by atoms with van der Waals surface area (Å²) in [5.74, 6) is -2.46. The van der Waals surface area contributed by atoms with Gasteiger partial charge in [0.05, 0.1) is 15.7 Å². The third-order valence-electron chi connectivity index (χ3n) is 4.05. The van der Waals surface area contributed by atoms with Crippen molar-refractivity contribution in [2.45, 2.75) is 12.6 Å². The number of alkyl halides is 5. The first-order chi connectivity index (χ1) is 14.5. The van der Waals surface area contributed by atoms with E-state index in [4.69, 9.17) is 4.74 Å². The molecule has 164 valence electrons. The normalized spacial score (nSPS) is 11.6. The van der Waals surface area contributed by atoms with Gasteiger partial charge in [-0.15, -0.1) is 0 Å². The zero-order valence-corrected chi connectivity index (χ0v) is 17.1. The fourth-order valence-corrected chi connectivity index (χ4v) is 3.07. The predicted molar refractivity (Wildman–Crippen MR) is 102 cm³/mol. The van der Waals surface area contributed by atoms with Crippen LogP contribution in [0.15, 0.2) is 46.9 Å². The lowest BCUT2D eigenvalue weighted by Gasteiger charge is -2.14. The Hall–Kier alpha value is -3.02. The van der Waals surface area contributed by atoms with Crippen LogP contribution in [0.3, 0.4) is 0 Å². The van der Waals surface area contributed by atoms with Gasteiger partial charge in [-0.1, -0.05) is 12.1 Å². The molecule has 1 aromatic heterocycles. The van der Waals surface area contributed by atoms with E-state index in [-0.39, 0.29) is 21.7 Å². The minimum atomic E-state index is -4.55. The molecule has 1 heterocycles. The highest BCUT2D eigenvalue weighted by atomic mass is 79.9. The van der Waals surface area contributed by atoms with Gasteiger partial charge in [0.1, 0.15) is 17.0 Å². The fraction of sp³-hybridized carbons (Fsp3) is 0.158. The topological polar surface area (TPSA) is 56.2 Å². The van der Waals surface area contributed by atoms with Crippen LogP contribution in [0, 0.1) is 5.95 Å². The smallest absolute Gasteiger partial charge is 0.416 e.